The fourth-order valence-corrected chi connectivity index (χ4v) is 2.27. The van der Waals surface area contributed by atoms with E-state index < -0.39 is 5.67 Å². The lowest BCUT2D eigenvalue weighted by Gasteiger charge is -2.43. The first-order valence-electron chi connectivity index (χ1n) is 4.91. The predicted octanol–water partition coefficient (Wildman–Crippen LogP) is 2.64. The molecule has 0 aromatic rings. The first-order chi connectivity index (χ1) is 5.52. The summed E-state index contributed by atoms with van der Waals surface area (Å²) in [4.78, 5) is 0. The topological polar surface area (TPSA) is 26.0 Å². The molecular formula is C10H20FN. The van der Waals surface area contributed by atoms with Crippen LogP contribution in [0.4, 0.5) is 4.39 Å². The Hall–Kier alpha value is -0.110. The summed E-state index contributed by atoms with van der Waals surface area (Å²) in [7, 11) is 0. The average molecular weight is 173 g/mol. The van der Waals surface area contributed by atoms with E-state index in [0.717, 1.165) is 25.7 Å². The molecule has 0 radical (unpaired) electrons. The zero-order valence-electron chi connectivity index (χ0n) is 8.20. The van der Waals surface area contributed by atoms with E-state index in [9.17, 15) is 4.39 Å². The predicted molar refractivity (Wildman–Crippen MR) is 49.8 cm³/mol. The summed E-state index contributed by atoms with van der Waals surface area (Å²) < 4.78 is 13.9. The molecule has 0 atom stereocenters. The van der Waals surface area contributed by atoms with E-state index in [2.05, 4.69) is 0 Å². The molecule has 1 nitrogen and oxygen atoms in total. The van der Waals surface area contributed by atoms with Crippen LogP contribution in [-0.4, -0.2) is 12.2 Å². The molecule has 0 spiro atoms. The Morgan fingerprint density at radius 3 is 2.00 bits per heavy atom. The van der Waals surface area contributed by atoms with E-state index in [0.29, 0.717) is 6.54 Å². The maximum atomic E-state index is 13.9. The van der Waals surface area contributed by atoms with Crippen LogP contribution in [0, 0.1) is 5.41 Å². The van der Waals surface area contributed by atoms with Gasteiger partial charge in [0.05, 0.1) is 0 Å². The zero-order valence-corrected chi connectivity index (χ0v) is 8.20. The highest BCUT2D eigenvalue weighted by Gasteiger charge is 2.44. The van der Waals surface area contributed by atoms with Crippen LogP contribution in [0.2, 0.25) is 0 Å². The second-order valence-electron chi connectivity index (χ2n) is 4.52. The maximum Gasteiger partial charge on any atom is 0.112 e. The van der Waals surface area contributed by atoms with Crippen molar-refractivity contribution in [1.82, 2.24) is 0 Å². The van der Waals surface area contributed by atoms with Crippen molar-refractivity contribution >= 4 is 0 Å². The minimum atomic E-state index is -1.11. The molecule has 0 heterocycles. The van der Waals surface area contributed by atoms with Crippen LogP contribution in [0.3, 0.4) is 0 Å². The molecule has 72 valence electrons. The minimum Gasteiger partial charge on any atom is -0.330 e. The van der Waals surface area contributed by atoms with Gasteiger partial charge in [0.2, 0.25) is 0 Å². The Bertz CT molecular complexity index is 142. The Kier molecular flexibility index (Phi) is 2.77. The average Bonchev–Trinajstić information content (AvgIpc) is 2.04. The lowest BCUT2D eigenvalue weighted by atomic mass is 9.65. The molecule has 1 rings (SSSR count). The SMILES string of the molecule is CC(C)(F)C1(CN)CCCCC1. The van der Waals surface area contributed by atoms with E-state index in [1.807, 2.05) is 0 Å². The van der Waals surface area contributed by atoms with Crippen molar-refractivity contribution in [2.75, 3.05) is 6.54 Å². The van der Waals surface area contributed by atoms with Gasteiger partial charge in [0.15, 0.2) is 0 Å². The molecular weight excluding hydrogens is 153 g/mol. The summed E-state index contributed by atoms with van der Waals surface area (Å²) in [5, 5.41) is 0. The summed E-state index contributed by atoms with van der Waals surface area (Å²) in [6, 6.07) is 0. The third-order valence-corrected chi connectivity index (χ3v) is 3.46. The van der Waals surface area contributed by atoms with Gasteiger partial charge in [-0.05, 0) is 26.7 Å². The molecule has 1 saturated carbocycles. The highest BCUT2D eigenvalue weighted by molar-refractivity contribution is 4.96. The number of rotatable bonds is 2. The van der Waals surface area contributed by atoms with Gasteiger partial charge in [0.1, 0.15) is 5.67 Å². The van der Waals surface area contributed by atoms with Crippen molar-refractivity contribution < 1.29 is 4.39 Å². The minimum absolute atomic E-state index is 0.231. The molecule has 0 aromatic carbocycles. The fourth-order valence-electron chi connectivity index (χ4n) is 2.27. The molecule has 0 aliphatic heterocycles. The molecule has 0 bridgehead atoms. The lowest BCUT2D eigenvalue weighted by Crippen LogP contribution is -2.47. The van der Waals surface area contributed by atoms with Crippen LogP contribution in [0.25, 0.3) is 0 Å². The quantitative estimate of drug-likeness (QED) is 0.682. The Morgan fingerprint density at radius 2 is 1.75 bits per heavy atom. The van der Waals surface area contributed by atoms with Gasteiger partial charge < -0.3 is 5.73 Å². The second kappa shape index (κ2) is 3.33. The van der Waals surface area contributed by atoms with Crippen LogP contribution in [0.15, 0.2) is 0 Å². The second-order valence-corrected chi connectivity index (χ2v) is 4.52. The molecule has 1 aliphatic carbocycles. The monoisotopic (exact) mass is 173 g/mol. The normalized spacial score (nSPS) is 24.0. The van der Waals surface area contributed by atoms with Crippen molar-refractivity contribution in [1.29, 1.82) is 0 Å². The van der Waals surface area contributed by atoms with Gasteiger partial charge in [-0.1, -0.05) is 19.3 Å². The van der Waals surface area contributed by atoms with Gasteiger partial charge in [-0.2, -0.15) is 0 Å². The summed E-state index contributed by atoms with van der Waals surface area (Å²) >= 11 is 0. The summed E-state index contributed by atoms with van der Waals surface area (Å²) in [5.74, 6) is 0. The Labute approximate surface area is 74.5 Å². The standard InChI is InChI=1S/C10H20FN/c1-9(2,11)10(8-12)6-4-3-5-7-10/h3-8,12H2,1-2H3. The van der Waals surface area contributed by atoms with E-state index in [1.165, 1.54) is 6.42 Å². The highest BCUT2D eigenvalue weighted by Crippen LogP contribution is 2.45. The van der Waals surface area contributed by atoms with Gasteiger partial charge in [0, 0.05) is 12.0 Å². The molecule has 1 aliphatic rings. The molecule has 2 heteroatoms. The van der Waals surface area contributed by atoms with Gasteiger partial charge in [-0.3, -0.25) is 0 Å². The van der Waals surface area contributed by atoms with Gasteiger partial charge in [-0.25, -0.2) is 4.39 Å². The molecule has 0 saturated heterocycles. The molecule has 12 heavy (non-hydrogen) atoms. The van der Waals surface area contributed by atoms with Crippen LogP contribution in [-0.2, 0) is 0 Å². The number of hydrogen-bond donors (Lipinski definition) is 1. The van der Waals surface area contributed by atoms with Crippen molar-refractivity contribution in [3.63, 3.8) is 0 Å². The van der Waals surface area contributed by atoms with E-state index in [-0.39, 0.29) is 5.41 Å². The summed E-state index contributed by atoms with van der Waals surface area (Å²) in [6.07, 6.45) is 5.47. The van der Waals surface area contributed by atoms with Crippen molar-refractivity contribution in [2.45, 2.75) is 51.6 Å². The largest absolute Gasteiger partial charge is 0.330 e. The zero-order chi connectivity index (χ0) is 9.24. The third-order valence-electron chi connectivity index (χ3n) is 3.46. The summed E-state index contributed by atoms with van der Waals surface area (Å²) in [6.45, 7) is 3.84. The molecule has 2 N–H and O–H groups in total. The number of halogens is 1. The van der Waals surface area contributed by atoms with Crippen molar-refractivity contribution in [3.05, 3.63) is 0 Å². The highest BCUT2D eigenvalue weighted by atomic mass is 19.1. The lowest BCUT2D eigenvalue weighted by molar-refractivity contribution is -0.00229. The third kappa shape index (κ3) is 1.63. The van der Waals surface area contributed by atoms with Crippen LogP contribution >= 0.6 is 0 Å². The van der Waals surface area contributed by atoms with Gasteiger partial charge in [-0.15, -0.1) is 0 Å². The van der Waals surface area contributed by atoms with Gasteiger partial charge >= 0.3 is 0 Å². The molecule has 0 amide bonds. The van der Waals surface area contributed by atoms with Crippen LogP contribution < -0.4 is 5.73 Å². The van der Waals surface area contributed by atoms with Crippen LogP contribution in [0.1, 0.15) is 46.0 Å². The van der Waals surface area contributed by atoms with E-state index in [1.54, 1.807) is 13.8 Å². The fraction of sp³-hybridized carbons (Fsp3) is 1.00. The molecule has 0 unspecified atom stereocenters. The van der Waals surface area contributed by atoms with Crippen molar-refractivity contribution in [2.24, 2.45) is 11.1 Å². The molecule has 1 fully saturated rings. The first-order valence-corrected chi connectivity index (χ1v) is 4.91. The van der Waals surface area contributed by atoms with Crippen LogP contribution in [0.5, 0.6) is 0 Å². The van der Waals surface area contributed by atoms with Crippen molar-refractivity contribution in [3.8, 4) is 0 Å². The Morgan fingerprint density at radius 1 is 1.25 bits per heavy atom. The maximum absolute atomic E-state index is 13.9. The smallest absolute Gasteiger partial charge is 0.112 e. The van der Waals surface area contributed by atoms with Gasteiger partial charge in [0.25, 0.3) is 0 Å². The van der Waals surface area contributed by atoms with E-state index in [4.69, 9.17) is 5.73 Å². The number of alkyl halides is 1. The number of nitrogens with two attached hydrogens (primary N) is 1. The first kappa shape index (κ1) is 9.97. The Balaban J connectivity index is 2.73. The summed E-state index contributed by atoms with van der Waals surface area (Å²) in [5.41, 5.74) is 4.34. The molecule has 0 aromatic heterocycles. The van der Waals surface area contributed by atoms with E-state index >= 15 is 0 Å². The number of hydrogen-bond acceptors (Lipinski definition) is 1.